The zero-order valence-electron chi connectivity index (χ0n) is 23.7. The molecule has 0 bridgehead atoms. The van der Waals surface area contributed by atoms with E-state index in [0.29, 0.717) is 41.0 Å². The maximum atomic E-state index is 11.4. The number of nitrogens with one attached hydrogen (secondary N) is 1. The Bertz CT molecular complexity index is 1480. The molecule has 220 valence electrons. The molecule has 8 heteroatoms. The van der Waals surface area contributed by atoms with Crippen molar-refractivity contribution < 1.29 is 24.5 Å². The van der Waals surface area contributed by atoms with E-state index < -0.39 is 6.09 Å². The number of hydrogen-bond donors (Lipinski definition) is 3. The Labute approximate surface area is 256 Å². The molecule has 0 saturated carbocycles. The molecular weight excluding hydrogens is 573 g/mol. The number of aliphatic hydroxyl groups excluding tert-OH is 1. The zero-order valence-corrected chi connectivity index (χ0v) is 25.2. The molecule has 1 unspecified atom stereocenters. The fourth-order valence-electron chi connectivity index (χ4n) is 5.08. The molecule has 0 aliphatic rings. The van der Waals surface area contributed by atoms with Gasteiger partial charge in [-0.25, -0.2) is 4.79 Å². The maximum absolute atomic E-state index is 11.4. The molecule has 0 radical (unpaired) electrons. The van der Waals surface area contributed by atoms with Gasteiger partial charge in [-0.2, -0.15) is 0 Å². The minimum atomic E-state index is -1.05. The van der Waals surface area contributed by atoms with Crippen LogP contribution in [0.4, 0.5) is 4.79 Å². The monoisotopic (exact) mass is 607 g/mol. The summed E-state index contributed by atoms with van der Waals surface area (Å²) < 4.78 is 11.6. The highest BCUT2D eigenvalue weighted by Crippen LogP contribution is 2.34. The number of ether oxygens (including phenoxy) is 2. The maximum Gasteiger partial charge on any atom is 0.404 e. The van der Waals surface area contributed by atoms with Crippen LogP contribution in [0.5, 0.6) is 11.5 Å². The molecule has 0 heterocycles. The number of rotatable bonds is 13. The number of aliphatic hydroxyl groups is 1. The van der Waals surface area contributed by atoms with Gasteiger partial charge in [0.1, 0.15) is 19.0 Å². The predicted molar refractivity (Wildman–Crippen MR) is 169 cm³/mol. The standard InChI is InChI=1S/C34H35Cl2NO5/c1-22-17-31(35)33(32(36)18-22)42-16-15-41-28-10-7-24(8-11-28)20-27(21-37-34(39)40)29-12-9-26(19-23(29)2)30-6-4-3-5-25(30)13-14-38/h3-12,17-19,27,37-38H,13-16,20-21H2,1-2H3,(H,39,40). The van der Waals surface area contributed by atoms with Crippen LogP contribution in [0.3, 0.4) is 0 Å². The molecule has 4 aromatic rings. The molecule has 1 amide bonds. The van der Waals surface area contributed by atoms with E-state index in [1.807, 2.05) is 49.4 Å². The van der Waals surface area contributed by atoms with Crippen molar-refractivity contribution in [3.8, 4) is 22.6 Å². The van der Waals surface area contributed by atoms with Crippen LogP contribution in [0.15, 0.2) is 78.9 Å². The summed E-state index contributed by atoms with van der Waals surface area (Å²) in [5, 5.41) is 22.3. The van der Waals surface area contributed by atoms with Gasteiger partial charge in [0.05, 0.1) is 10.0 Å². The smallest absolute Gasteiger partial charge is 0.404 e. The van der Waals surface area contributed by atoms with Gasteiger partial charge in [-0.05, 0) is 89.9 Å². The molecule has 1 atom stereocenters. The molecule has 42 heavy (non-hydrogen) atoms. The van der Waals surface area contributed by atoms with Gasteiger partial charge in [0.25, 0.3) is 0 Å². The number of halogens is 2. The van der Waals surface area contributed by atoms with Crippen LogP contribution in [0.1, 0.15) is 33.7 Å². The Balaban J connectivity index is 1.42. The van der Waals surface area contributed by atoms with Crippen LogP contribution in [-0.2, 0) is 12.8 Å². The van der Waals surface area contributed by atoms with Crippen LogP contribution in [0.2, 0.25) is 10.0 Å². The summed E-state index contributed by atoms with van der Waals surface area (Å²) in [4.78, 5) is 11.4. The van der Waals surface area contributed by atoms with Crippen molar-refractivity contribution >= 4 is 29.3 Å². The molecule has 0 aliphatic carbocycles. The Morgan fingerprint density at radius 2 is 1.60 bits per heavy atom. The molecule has 0 spiro atoms. The van der Waals surface area contributed by atoms with Crippen LogP contribution in [0, 0.1) is 13.8 Å². The van der Waals surface area contributed by atoms with Crippen LogP contribution < -0.4 is 14.8 Å². The van der Waals surface area contributed by atoms with E-state index in [-0.39, 0.29) is 25.7 Å². The van der Waals surface area contributed by atoms with Crippen molar-refractivity contribution in [3.63, 3.8) is 0 Å². The number of amides is 1. The van der Waals surface area contributed by atoms with Crippen molar-refractivity contribution in [2.45, 2.75) is 32.6 Å². The topological polar surface area (TPSA) is 88.0 Å². The highest BCUT2D eigenvalue weighted by atomic mass is 35.5. The van der Waals surface area contributed by atoms with Gasteiger partial charge in [0.2, 0.25) is 0 Å². The summed E-state index contributed by atoms with van der Waals surface area (Å²) >= 11 is 12.5. The lowest BCUT2D eigenvalue weighted by Gasteiger charge is -2.21. The number of carboxylic acid groups (broad SMARTS) is 1. The summed E-state index contributed by atoms with van der Waals surface area (Å²) in [6.45, 7) is 4.95. The molecule has 0 aliphatic heterocycles. The Morgan fingerprint density at radius 3 is 2.26 bits per heavy atom. The lowest BCUT2D eigenvalue weighted by Crippen LogP contribution is -2.28. The number of benzene rings is 4. The Hall–Kier alpha value is -3.71. The molecule has 0 saturated heterocycles. The van der Waals surface area contributed by atoms with Crippen LogP contribution >= 0.6 is 23.2 Å². The fourth-order valence-corrected chi connectivity index (χ4v) is 5.78. The first-order chi connectivity index (χ1) is 20.2. The van der Waals surface area contributed by atoms with E-state index in [1.165, 1.54) is 0 Å². The summed E-state index contributed by atoms with van der Waals surface area (Å²) in [5.74, 6) is 1.08. The molecule has 4 rings (SSSR count). The minimum absolute atomic E-state index is 0.0630. The van der Waals surface area contributed by atoms with Crippen LogP contribution in [-0.4, -0.2) is 42.7 Å². The second-order valence-corrected chi connectivity index (χ2v) is 11.0. The SMILES string of the molecule is Cc1cc(Cl)c(OCCOc2ccc(CC(CNC(=O)O)c3ccc(-c4ccccc4CCO)cc3C)cc2)c(Cl)c1. The minimum Gasteiger partial charge on any atom is -0.490 e. The average molecular weight is 609 g/mol. The van der Waals surface area contributed by atoms with E-state index in [2.05, 4.69) is 36.5 Å². The normalized spacial score (nSPS) is 11.6. The zero-order chi connectivity index (χ0) is 30.1. The number of aryl methyl sites for hydroxylation is 2. The van der Waals surface area contributed by atoms with Gasteiger partial charge < -0.3 is 25.0 Å². The summed E-state index contributed by atoms with van der Waals surface area (Å²) in [6, 6.07) is 25.7. The quantitative estimate of drug-likeness (QED) is 0.135. The number of carbonyl (C=O) groups is 1. The van der Waals surface area contributed by atoms with Crippen molar-refractivity contribution in [2.75, 3.05) is 26.4 Å². The average Bonchev–Trinajstić information content (AvgIpc) is 2.95. The van der Waals surface area contributed by atoms with Gasteiger partial charge >= 0.3 is 6.09 Å². The third-order valence-electron chi connectivity index (χ3n) is 7.07. The molecular formula is C34H35Cl2NO5. The van der Waals surface area contributed by atoms with E-state index >= 15 is 0 Å². The molecule has 6 nitrogen and oxygen atoms in total. The van der Waals surface area contributed by atoms with E-state index in [9.17, 15) is 15.0 Å². The summed E-state index contributed by atoms with van der Waals surface area (Å²) in [5.41, 5.74) is 7.44. The third-order valence-corrected chi connectivity index (χ3v) is 7.63. The van der Waals surface area contributed by atoms with Crippen LogP contribution in [0.25, 0.3) is 11.1 Å². The first kappa shape index (κ1) is 31.2. The Kier molecular flexibility index (Phi) is 11.1. The van der Waals surface area contributed by atoms with Gasteiger partial charge in [-0.3, -0.25) is 0 Å². The van der Waals surface area contributed by atoms with E-state index in [1.54, 1.807) is 12.1 Å². The number of hydrogen-bond acceptors (Lipinski definition) is 4. The van der Waals surface area contributed by atoms with Crippen molar-refractivity contribution in [1.29, 1.82) is 0 Å². The first-order valence-electron chi connectivity index (χ1n) is 13.8. The van der Waals surface area contributed by atoms with E-state index in [4.69, 9.17) is 32.7 Å². The van der Waals surface area contributed by atoms with E-state index in [0.717, 1.165) is 38.9 Å². The fraction of sp³-hybridized carbons (Fsp3) is 0.265. The van der Waals surface area contributed by atoms with Gasteiger partial charge in [-0.1, -0.05) is 77.8 Å². The van der Waals surface area contributed by atoms with Gasteiger partial charge in [0, 0.05) is 19.1 Å². The molecule has 4 aromatic carbocycles. The molecule has 0 fully saturated rings. The highest BCUT2D eigenvalue weighted by Gasteiger charge is 2.17. The molecule has 3 N–H and O–H groups in total. The summed E-state index contributed by atoms with van der Waals surface area (Å²) in [7, 11) is 0. The van der Waals surface area contributed by atoms with Gasteiger partial charge in [-0.15, -0.1) is 0 Å². The second-order valence-electron chi connectivity index (χ2n) is 10.2. The largest absolute Gasteiger partial charge is 0.490 e. The second kappa shape index (κ2) is 15.0. The highest BCUT2D eigenvalue weighted by molar-refractivity contribution is 6.37. The Morgan fingerprint density at radius 1 is 0.905 bits per heavy atom. The third kappa shape index (κ3) is 8.41. The lowest BCUT2D eigenvalue weighted by atomic mass is 9.86. The van der Waals surface area contributed by atoms with Crippen molar-refractivity contribution in [2.24, 2.45) is 0 Å². The summed E-state index contributed by atoms with van der Waals surface area (Å²) in [6.07, 6.45) is 0.186. The van der Waals surface area contributed by atoms with Gasteiger partial charge in [0.15, 0.2) is 5.75 Å². The first-order valence-corrected chi connectivity index (χ1v) is 14.6. The van der Waals surface area contributed by atoms with Crippen molar-refractivity contribution in [3.05, 3.63) is 117 Å². The lowest BCUT2D eigenvalue weighted by molar-refractivity contribution is 0.193. The van der Waals surface area contributed by atoms with Crippen molar-refractivity contribution in [1.82, 2.24) is 5.32 Å². The predicted octanol–water partition coefficient (Wildman–Crippen LogP) is 7.86. The molecule has 0 aromatic heterocycles.